The number of rotatable bonds is 7. The summed E-state index contributed by atoms with van der Waals surface area (Å²) >= 11 is 0. The second-order valence-electron chi connectivity index (χ2n) is 8.48. The van der Waals surface area contributed by atoms with Gasteiger partial charge in [-0.1, -0.05) is 67.7 Å². The van der Waals surface area contributed by atoms with Gasteiger partial charge in [0.2, 0.25) is 5.91 Å². The first kappa shape index (κ1) is 26.5. The van der Waals surface area contributed by atoms with Crippen LogP contribution in [0.4, 0.5) is 0 Å². The minimum absolute atomic E-state index is 0.141. The van der Waals surface area contributed by atoms with Crippen molar-refractivity contribution in [2.24, 2.45) is 5.92 Å². The van der Waals surface area contributed by atoms with Gasteiger partial charge < -0.3 is 19.9 Å². The maximum absolute atomic E-state index is 13.0. The summed E-state index contributed by atoms with van der Waals surface area (Å²) in [7, 11) is 3.83. The molecular formula is C28H41N3O2. The minimum Gasteiger partial charge on any atom is -0.381 e. The molecule has 0 radical (unpaired) electrons. The number of carbonyl (C=O) groups is 1. The van der Waals surface area contributed by atoms with Crippen LogP contribution in [-0.4, -0.2) is 55.1 Å². The van der Waals surface area contributed by atoms with Crippen molar-refractivity contribution in [2.45, 2.75) is 46.1 Å². The number of nitrogens with one attached hydrogen (secondary N) is 1. The molecule has 2 aliphatic heterocycles. The topological polar surface area (TPSA) is 44.8 Å². The highest BCUT2D eigenvalue weighted by Gasteiger charge is 2.44. The van der Waals surface area contributed by atoms with E-state index in [1.807, 2.05) is 67.4 Å². The molecule has 5 heteroatoms. The summed E-state index contributed by atoms with van der Waals surface area (Å²) in [5.41, 5.74) is 3.34. The SMILES string of the molecule is C/C=C1\N(C)C(=C/C)/C(=C\COC)NC12CCN(C(=O)C(C)/C=C/C=C\C=C/C=C/C)CC2. The van der Waals surface area contributed by atoms with Crippen LogP contribution >= 0.6 is 0 Å². The van der Waals surface area contributed by atoms with Crippen LogP contribution in [0.2, 0.25) is 0 Å². The molecule has 1 amide bonds. The first-order valence-electron chi connectivity index (χ1n) is 11.9. The second kappa shape index (κ2) is 13.0. The molecular weight excluding hydrogens is 410 g/mol. The molecule has 1 N–H and O–H groups in total. The average molecular weight is 452 g/mol. The monoisotopic (exact) mass is 451 g/mol. The largest absolute Gasteiger partial charge is 0.381 e. The van der Waals surface area contributed by atoms with Gasteiger partial charge in [-0.05, 0) is 39.7 Å². The number of ether oxygens (including phenoxy) is 1. The third-order valence-corrected chi connectivity index (χ3v) is 6.33. The van der Waals surface area contributed by atoms with Crippen molar-refractivity contribution in [1.29, 1.82) is 0 Å². The molecule has 2 heterocycles. The lowest BCUT2D eigenvalue weighted by Crippen LogP contribution is -2.61. The van der Waals surface area contributed by atoms with E-state index in [1.54, 1.807) is 7.11 Å². The molecule has 0 aromatic heterocycles. The predicted molar refractivity (Wildman–Crippen MR) is 138 cm³/mol. The Labute approximate surface area is 200 Å². The fourth-order valence-corrected chi connectivity index (χ4v) is 4.62. The Morgan fingerprint density at radius 3 is 2.27 bits per heavy atom. The third-order valence-electron chi connectivity index (χ3n) is 6.33. The van der Waals surface area contributed by atoms with E-state index in [2.05, 4.69) is 49.3 Å². The van der Waals surface area contributed by atoms with Gasteiger partial charge in [0.15, 0.2) is 0 Å². The number of methoxy groups -OCH3 is 1. The molecule has 1 spiro atoms. The lowest BCUT2D eigenvalue weighted by molar-refractivity contribution is -0.135. The Bertz CT molecular complexity index is 866. The number of allylic oxidation sites excluding steroid dienone is 9. The van der Waals surface area contributed by atoms with Crippen LogP contribution in [0.1, 0.15) is 40.5 Å². The number of amides is 1. The van der Waals surface area contributed by atoms with Gasteiger partial charge >= 0.3 is 0 Å². The molecule has 33 heavy (non-hydrogen) atoms. The summed E-state index contributed by atoms with van der Waals surface area (Å²) in [6.07, 6.45) is 23.9. The van der Waals surface area contributed by atoms with Gasteiger partial charge in [-0.15, -0.1) is 0 Å². The minimum atomic E-state index is -0.173. The van der Waals surface area contributed by atoms with Crippen LogP contribution in [0.5, 0.6) is 0 Å². The zero-order chi connectivity index (χ0) is 24.3. The lowest BCUT2D eigenvalue weighted by Gasteiger charge is -2.52. The van der Waals surface area contributed by atoms with E-state index in [9.17, 15) is 4.79 Å². The van der Waals surface area contributed by atoms with Crippen molar-refractivity contribution in [3.8, 4) is 0 Å². The van der Waals surface area contributed by atoms with E-state index < -0.39 is 0 Å². The first-order valence-corrected chi connectivity index (χ1v) is 11.9. The van der Waals surface area contributed by atoms with Crippen LogP contribution in [0.25, 0.3) is 0 Å². The Morgan fingerprint density at radius 2 is 1.70 bits per heavy atom. The van der Waals surface area contributed by atoms with E-state index in [1.165, 1.54) is 5.70 Å². The summed E-state index contributed by atoms with van der Waals surface area (Å²) < 4.78 is 5.29. The molecule has 2 rings (SSSR count). The Hall–Kier alpha value is -2.79. The zero-order valence-corrected chi connectivity index (χ0v) is 21.2. The van der Waals surface area contributed by atoms with Gasteiger partial charge in [0.05, 0.1) is 29.5 Å². The fraction of sp³-hybridized carbons (Fsp3) is 0.464. The van der Waals surface area contributed by atoms with Crippen molar-refractivity contribution >= 4 is 5.91 Å². The number of piperidine rings is 1. The van der Waals surface area contributed by atoms with Gasteiger partial charge in [-0.2, -0.15) is 0 Å². The number of piperazine rings is 1. The van der Waals surface area contributed by atoms with Gasteiger partial charge in [-0.3, -0.25) is 4.79 Å². The van der Waals surface area contributed by atoms with Gasteiger partial charge in [0.1, 0.15) is 0 Å². The number of hydrogen-bond acceptors (Lipinski definition) is 4. The van der Waals surface area contributed by atoms with Crippen LogP contribution in [0, 0.1) is 5.92 Å². The van der Waals surface area contributed by atoms with Gasteiger partial charge in [-0.25, -0.2) is 0 Å². The predicted octanol–water partition coefficient (Wildman–Crippen LogP) is 5.10. The molecule has 2 aliphatic rings. The normalized spacial score (nSPS) is 23.9. The highest BCUT2D eigenvalue weighted by molar-refractivity contribution is 5.80. The molecule has 1 atom stereocenters. The van der Waals surface area contributed by atoms with Crippen LogP contribution in [-0.2, 0) is 9.53 Å². The summed E-state index contributed by atoms with van der Waals surface area (Å²) in [5, 5.41) is 3.82. The second-order valence-corrected chi connectivity index (χ2v) is 8.48. The molecule has 2 fully saturated rings. The number of hydrogen-bond donors (Lipinski definition) is 1. The van der Waals surface area contributed by atoms with Crippen molar-refractivity contribution in [2.75, 3.05) is 33.9 Å². The van der Waals surface area contributed by atoms with Crippen molar-refractivity contribution in [1.82, 2.24) is 15.1 Å². The van der Waals surface area contributed by atoms with E-state index in [0.29, 0.717) is 6.61 Å². The lowest BCUT2D eigenvalue weighted by atomic mass is 9.80. The number of likely N-dealkylation sites (tertiary alicyclic amines) is 1. The van der Waals surface area contributed by atoms with Gasteiger partial charge in [0, 0.05) is 32.9 Å². The van der Waals surface area contributed by atoms with E-state index in [4.69, 9.17) is 4.74 Å². The smallest absolute Gasteiger partial charge is 0.229 e. The van der Waals surface area contributed by atoms with E-state index in [-0.39, 0.29) is 17.4 Å². The molecule has 0 bridgehead atoms. The first-order chi connectivity index (χ1) is 15.9. The molecule has 0 aromatic carbocycles. The van der Waals surface area contributed by atoms with Crippen molar-refractivity contribution in [3.63, 3.8) is 0 Å². The third kappa shape index (κ3) is 6.61. The Kier molecular flexibility index (Phi) is 10.5. The maximum atomic E-state index is 13.0. The summed E-state index contributed by atoms with van der Waals surface area (Å²) in [6.45, 7) is 10.1. The van der Waals surface area contributed by atoms with Gasteiger partial charge in [0.25, 0.3) is 0 Å². The molecule has 180 valence electrons. The highest BCUT2D eigenvalue weighted by Crippen LogP contribution is 2.39. The summed E-state index contributed by atoms with van der Waals surface area (Å²) in [4.78, 5) is 17.3. The molecule has 0 saturated carbocycles. The van der Waals surface area contributed by atoms with Crippen molar-refractivity contribution < 1.29 is 9.53 Å². The zero-order valence-electron chi connectivity index (χ0n) is 21.2. The Balaban J connectivity index is 2.07. The van der Waals surface area contributed by atoms with Crippen LogP contribution < -0.4 is 5.32 Å². The summed E-state index contributed by atoms with van der Waals surface area (Å²) in [5.74, 6) is 0.0487. The van der Waals surface area contributed by atoms with E-state index >= 15 is 0 Å². The van der Waals surface area contributed by atoms with Crippen molar-refractivity contribution in [3.05, 3.63) is 83.9 Å². The number of nitrogens with zero attached hydrogens (tertiary/aromatic N) is 2. The summed E-state index contributed by atoms with van der Waals surface area (Å²) in [6, 6.07) is 0. The van der Waals surface area contributed by atoms with Crippen LogP contribution in [0.15, 0.2) is 83.9 Å². The number of carbonyl (C=O) groups excluding carboxylic acids is 1. The Morgan fingerprint density at radius 1 is 1.06 bits per heavy atom. The van der Waals surface area contributed by atoms with E-state index in [0.717, 1.165) is 37.3 Å². The standard InChI is InChI=1S/C28H41N3O2/c1-7-10-11-12-13-14-15-16-23(4)27(32)31-20-18-28(19-21-31)26(9-3)30(5)25(8-2)24(29-28)17-22-33-6/h7-17,23,29H,18-22H2,1-6H3/b10-7+,12-11-,14-13-,16-15+,24-17+,25-8+,26-9-. The highest BCUT2D eigenvalue weighted by atomic mass is 16.5. The number of likely N-dealkylation sites (N-methyl/N-ethyl adjacent to an activating group) is 1. The maximum Gasteiger partial charge on any atom is 0.229 e. The average Bonchev–Trinajstić information content (AvgIpc) is 2.82. The molecule has 0 aliphatic carbocycles. The molecule has 1 unspecified atom stereocenters. The molecule has 0 aromatic rings. The fourth-order valence-electron chi connectivity index (χ4n) is 4.62. The quantitative estimate of drug-likeness (QED) is 0.547. The molecule has 2 saturated heterocycles. The van der Waals surface area contributed by atoms with Crippen LogP contribution in [0.3, 0.4) is 0 Å². The molecule has 5 nitrogen and oxygen atoms in total.